The van der Waals surface area contributed by atoms with E-state index in [0.717, 1.165) is 12.1 Å². The summed E-state index contributed by atoms with van der Waals surface area (Å²) in [5.74, 6) is -3.51. The fourth-order valence-electron chi connectivity index (χ4n) is 5.67. The quantitative estimate of drug-likeness (QED) is 0.163. The first kappa shape index (κ1) is 26.1. The van der Waals surface area contributed by atoms with Gasteiger partial charge in [-0.3, -0.25) is 0 Å². The average molecular weight is 563 g/mol. The molecule has 2 aliphatic rings. The maximum atomic E-state index is 11.2. The highest BCUT2D eigenvalue weighted by atomic mass is 16.5. The van der Waals surface area contributed by atoms with Crippen molar-refractivity contribution in [3.05, 3.63) is 82.4 Å². The number of rotatable bonds is 3. The summed E-state index contributed by atoms with van der Waals surface area (Å²) in [6, 6.07) is 11.6. The number of fused-ring (bicyclic) bond motifs is 2. The number of ether oxygens (including phenoxy) is 2. The summed E-state index contributed by atoms with van der Waals surface area (Å²) in [7, 11) is 0. The van der Waals surface area contributed by atoms with Crippen molar-refractivity contribution >= 4 is 0 Å². The molecule has 0 bridgehead atoms. The smallest absolute Gasteiger partial charge is 0.157 e. The molecule has 0 fully saturated rings. The van der Waals surface area contributed by atoms with Crippen molar-refractivity contribution in [3.63, 3.8) is 0 Å². The average Bonchev–Trinajstić information content (AvgIpc) is 2.91. The first-order chi connectivity index (χ1) is 19.5. The number of hydrogen-bond donors (Lipinski definition) is 9. The van der Waals surface area contributed by atoms with E-state index in [1.807, 2.05) is 0 Å². The molecule has 41 heavy (non-hydrogen) atoms. The molecule has 6 rings (SSSR count). The van der Waals surface area contributed by atoms with E-state index < -0.39 is 30.0 Å². The van der Waals surface area contributed by atoms with Crippen LogP contribution in [0.25, 0.3) is 0 Å². The lowest BCUT2D eigenvalue weighted by Gasteiger charge is -2.37. The van der Waals surface area contributed by atoms with Gasteiger partial charge in [0, 0.05) is 53.6 Å². The molecule has 0 saturated heterocycles. The van der Waals surface area contributed by atoms with Gasteiger partial charge in [0.15, 0.2) is 23.0 Å². The van der Waals surface area contributed by atoms with Crippen LogP contribution in [0.4, 0.5) is 0 Å². The zero-order chi connectivity index (χ0) is 29.2. The van der Waals surface area contributed by atoms with Gasteiger partial charge < -0.3 is 55.4 Å². The molecule has 0 amide bonds. The Morgan fingerprint density at radius 2 is 1.22 bits per heavy atom. The molecule has 0 aromatic heterocycles. The minimum Gasteiger partial charge on any atom is -0.508 e. The van der Waals surface area contributed by atoms with E-state index in [1.165, 1.54) is 42.5 Å². The molecule has 9 N–H and O–H groups in total. The molecule has 11 nitrogen and oxygen atoms in total. The van der Waals surface area contributed by atoms with Crippen molar-refractivity contribution in [1.82, 2.24) is 0 Å². The maximum absolute atomic E-state index is 11.2. The maximum Gasteiger partial charge on any atom is 0.157 e. The van der Waals surface area contributed by atoms with Gasteiger partial charge in [-0.15, -0.1) is 0 Å². The summed E-state index contributed by atoms with van der Waals surface area (Å²) < 4.78 is 12.3. The summed E-state index contributed by atoms with van der Waals surface area (Å²) in [4.78, 5) is 0. The molecule has 4 aromatic carbocycles. The number of aliphatic hydroxyl groups excluding tert-OH is 1. The minimum atomic E-state index is -1.17. The van der Waals surface area contributed by atoms with Crippen molar-refractivity contribution < 1.29 is 55.4 Å². The van der Waals surface area contributed by atoms with Crippen LogP contribution in [-0.2, 0) is 6.42 Å². The SMILES string of the molecule is Oc1cc(O)c2c(c1)O[C@H](c1ccc(O)c(O)c1)C[C@H]2c1c(O)cc(O)c2c1O[C@H](c1ccc(O)c(O)c1)[C@@H](O)C2. The van der Waals surface area contributed by atoms with Crippen LogP contribution in [0, 0.1) is 0 Å². The molecule has 4 atom stereocenters. The van der Waals surface area contributed by atoms with E-state index in [1.54, 1.807) is 0 Å². The highest BCUT2D eigenvalue weighted by Gasteiger charge is 2.41. The summed E-state index contributed by atoms with van der Waals surface area (Å²) in [5, 5.41) is 93.6. The van der Waals surface area contributed by atoms with Crippen LogP contribution in [0.2, 0.25) is 0 Å². The zero-order valence-corrected chi connectivity index (χ0v) is 21.3. The summed E-state index contributed by atoms with van der Waals surface area (Å²) >= 11 is 0. The molecule has 0 saturated carbocycles. The molecular formula is C30H26O11. The predicted octanol–water partition coefficient (Wildman–Crippen LogP) is 4.02. The van der Waals surface area contributed by atoms with Crippen molar-refractivity contribution in [3.8, 4) is 57.5 Å². The highest BCUT2D eigenvalue weighted by molar-refractivity contribution is 5.65. The lowest BCUT2D eigenvalue weighted by atomic mass is 9.79. The van der Waals surface area contributed by atoms with Crippen molar-refractivity contribution in [2.45, 2.75) is 37.1 Å². The molecule has 0 unspecified atom stereocenters. The van der Waals surface area contributed by atoms with Gasteiger partial charge in [-0.1, -0.05) is 12.1 Å². The second kappa shape index (κ2) is 9.49. The fraction of sp³-hybridized carbons (Fsp3) is 0.200. The normalized spacial score (nSPS) is 21.3. The number of phenolic OH excluding ortho intramolecular Hbond substituents is 8. The standard InChI is InChI=1S/C30H26O11/c31-14-7-22(37)27-16(10-25(40-26(27)8-14)12-1-3-17(32)20(35)5-12)28-23(38)11-19(34)15-9-24(39)29(41-30(15)28)13-2-4-18(33)21(36)6-13/h1-8,11,16,24-25,29,31-39H,9-10H2/t16-,24+,25+,29-/m1/s1. The largest absolute Gasteiger partial charge is 0.508 e. The van der Waals surface area contributed by atoms with Crippen LogP contribution in [0.1, 0.15) is 52.4 Å². The Labute approximate surface area is 232 Å². The van der Waals surface area contributed by atoms with Crippen LogP contribution in [0.15, 0.2) is 54.6 Å². The third-order valence-electron chi connectivity index (χ3n) is 7.61. The Morgan fingerprint density at radius 1 is 0.585 bits per heavy atom. The third kappa shape index (κ3) is 4.36. The van der Waals surface area contributed by atoms with Gasteiger partial charge in [-0.05, 0) is 35.4 Å². The second-order valence-corrected chi connectivity index (χ2v) is 10.2. The zero-order valence-electron chi connectivity index (χ0n) is 21.3. The monoisotopic (exact) mass is 562 g/mol. The van der Waals surface area contributed by atoms with E-state index in [2.05, 4.69) is 0 Å². The second-order valence-electron chi connectivity index (χ2n) is 10.2. The topological polar surface area (TPSA) is 201 Å². The van der Waals surface area contributed by atoms with Gasteiger partial charge in [0.2, 0.25) is 0 Å². The van der Waals surface area contributed by atoms with E-state index in [-0.39, 0.29) is 81.3 Å². The van der Waals surface area contributed by atoms with E-state index in [0.29, 0.717) is 11.1 Å². The van der Waals surface area contributed by atoms with Gasteiger partial charge in [-0.25, -0.2) is 0 Å². The molecule has 0 spiro atoms. The first-order valence-corrected chi connectivity index (χ1v) is 12.7. The number of aliphatic hydroxyl groups is 1. The van der Waals surface area contributed by atoms with Crippen molar-refractivity contribution in [2.75, 3.05) is 0 Å². The van der Waals surface area contributed by atoms with Crippen molar-refractivity contribution in [2.24, 2.45) is 0 Å². The Kier molecular flexibility index (Phi) is 6.04. The van der Waals surface area contributed by atoms with Gasteiger partial charge in [0.1, 0.15) is 46.7 Å². The van der Waals surface area contributed by atoms with Crippen LogP contribution < -0.4 is 9.47 Å². The third-order valence-corrected chi connectivity index (χ3v) is 7.61. The van der Waals surface area contributed by atoms with Crippen LogP contribution in [0.3, 0.4) is 0 Å². The van der Waals surface area contributed by atoms with Gasteiger partial charge in [0.05, 0.1) is 6.10 Å². The number of phenols is 8. The van der Waals surface area contributed by atoms with Gasteiger partial charge in [-0.2, -0.15) is 0 Å². The molecule has 2 heterocycles. The molecule has 4 aromatic rings. The molecular weight excluding hydrogens is 536 g/mol. The van der Waals surface area contributed by atoms with Crippen LogP contribution in [-0.4, -0.2) is 52.1 Å². The van der Waals surface area contributed by atoms with Gasteiger partial charge >= 0.3 is 0 Å². The minimum absolute atomic E-state index is 0.0444. The predicted molar refractivity (Wildman–Crippen MR) is 142 cm³/mol. The Bertz CT molecular complexity index is 1680. The highest BCUT2D eigenvalue weighted by Crippen LogP contribution is 2.57. The number of benzene rings is 4. The Balaban J connectivity index is 1.52. The van der Waals surface area contributed by atoms with E-state index >= 15 is 0 Å². The van der Waals surface area contributed by atoms with Crippen molar-refractivity contribution in [1.29, 1.82) is 0 Å². The molecule has 11 heteroatoms. The molecule has 212 valence electrons. The lowest BCUT2D eigenvalue weighted by molar-refractivity contribution is 0.0184. The van der Waals surface area contributed by atoms with E-state index in [9.17, 15) is 46.0 Å². The number of aromatic hydroxyl groups is 8. The molecule has 0 radical (unpaired) electrons. The van der Waals surface area contributed by atoms with E-state index in [4.69, 9.17) is 9.47 Å². The first-order valence-electron chi connectivity index (χ1n) is 12.7. The summed E-state index contributed by atoms with van der Waals surface area (Å²) in [6.45, 7) is 0. The number of hydrogen-bond acceptors (Lipinski definition) is 11. The summed E-state index contributed by atoms with van der Waals surface area (Å²) in [6.07, 6.45) is -3.03. The fourth-order valence-corrected chi connectivity index (χ4v) is 5.67. The molecule has 2 aliphatic heterocycles. The summed E-state index contributed by atoms with van der Waals surface area (Å²) in [5.41, 5.74) is 1.37. The Morgan fingerprint density at radius 3 is 1.90 bits per heavy atom. The Hall–Kier alpha value is -5.16. The molecule has 0 aliphatic carbocycles. The van der Waals surface area contributed by atoms with Gasteiger partial charge in [0.25, 0.3) is 0 Å². The van der Waals surface area contributed by atoms with Crippen LogP contribution >= 0.6 is 0 Å². The lowest BCUT2D eigenvalue weighted by Crippen LogP contribution is -2.31. The van der Waals surface area contributed by atoms with Crippen LogP contribution in [0.5, 0.6) is 57.5 Å².